The molecule has 2 aromatic rings. The first-order valence-electron chi connectivity index (χ1n) is 6.97. The summed E-state index contributed by atoms with van der Waals surface area (Å²) in [5.74, 6) is 8.53. The van der Waals surface area contributed by atoms with E-state index in [0.29, 0.717) is 11.6 Å². The molecule has 0 fully saturated rings. The maximum Gasteiger partial charge on any atom is 0.145 e. The topological polar surface area (TPSA) is 102 Å². The fourth-order valence-corrected chi connectivity index (χ4v) is 2.27. The van der Waals surface area contributed by atoms with Gasteiger partial charge in [0.2, 0.25) is 0 Å². The molecular weight excluding hydrogens is 268 g/mol. The van der Waals surface area contributed by atoms with Crippen LogP contribution < -0.4 is 16.6 Å². The summed E-state index contributed by atoms with van der Waals surface area (Å²) >= 11 is 0. The van der Waals surface area contributed by atoms with Gasteiger partial charge in [-0.1, -0.05) is 19.0 Å². The number of aromatic nitrogens is 3. The highest BCUT2D eigenvalue weighted by Gasteiger charge is 2.17. The second-order valence-electron chi connectivity index (χ2n) is 5.40. The van der Waals surface area contributed by atoms with Crippen molar-refractivity contribution in [2.45, 2.75) is 46.6 Å². The van der Waals surface area contributed by atoms with Gasteiger partial charge in [-0.2, -0.15) is 0 Å². The summed E-state index contributed by atoms with van der Waals surface area (Å²) in [4.78, 5) is 8.86. The lowest BCUT2D eigenvalue weighted by Gasteiger charge is -2.16. The zero-order valence-electron chi connectivity index (χ0n) is 13.1. The smallest absolute Gasteiger partial charge is 0.145 e. The largest absolute Gasteiger partial charge is 0.363 e. The Hall–Kier alpha value is -2.15. The third-order valence-corrected chi connectivity index (χ3v) is 3.29. The van der Waals surface area contributed by atoms with Crippen LogP contribution in [0.4, 0.5) is 11.6 Å². The van der Waals surface area contributed by atoms with E-state index in [-0.39, 0.29) is 12.0 Å². The van der Waals surface area contributed by atoms with E-state index in [2.05, 4.69) is 25.9 Å². The van der Waals surface area contributed by atoms with Crippen molar-refractivity contribution in [3.8, 4) is 0 Å². The number of nitrogen functional groups attached to an aromatic ring is 1. The minimum atomic E-state index is 0.0248. The van der Waals surface area contributed by atoms with E-state index in [1.54, 1.807) is 6.07 Å². The molecule has 7 heteroatoms. The number of rotatable bonds is 5. The Morgan fingerprint density at radius 2 is 1.81 bits per heavy atom. The van der Waals surface area contributed by atoms with Gasteiger partial charge in [0.05, 0.1) is 11.7 Å². The van der Waals surface area contributed by atoms with Crippen LogP contribution in [0.25, 0.3) is 0 Å². The number of hydrazine groups is 1. The van der Waals surface area contributed by atoms with Crippen LogP contribution in [0.3, 0.4) is 0 Å². The molecule has 21 heavy (non-hydrogen) atoms. The number of anilines is 2. The Balaban J connectivity index is 2.28. The van der Waals surface area contributed by atoms with Crippen LogP contribution in [0.1, 0.15) is 55.6 Å². The zero-order chi connectivity index (χ0) is 15.6. The van der Waals surface area contributed by atoms with E-state index in [1.165, 1.54) is 0 Å². The molecule has 0 bridgehead atoms. The van der Waals surface area contributed by atoms with E-state index >= 15 is 0 Å². The van der Waals surface area contributed by atoms with E-state index < -0.39 is 0 Å². The number of hydrogen-bond acceptors (Lipinski definition) is 7. The molecule has 0 aliphatic carbocycles. The minimum absolute atomic E-state index is 0.0248. The molecule has 2 heterocycles. The molecule has 0 amide bonds. The van der Waals surface area contributed by atoms with Crippen molar-refractivity contribution < 1.29 is 4.52 Å². The summed E-state index contributed by atoms with van der Waals surface area (Å²) in [6.07, 6.45) is 0. The molecule has 2 aromatic heterocycles. The van der Waals surface area contributed by atoms with Crippen molar-refractivity contribution in [1.29, 1.82) is 0 Å². The highest BCUT2D eigenvalue weighted by molar-refractivity contribution is 5.49. The fourth-order valence-electron chi connectivity index (χ4n) is 2.27. The normalized spacial score (nSPS) is 12.5. The van der Waals surface area contributed by atoms with Gasteiger partial charge in [-0.05, 0) is 20.8 Å². The number of nitrogens with zero attached hydrogens (tertiary/aromatic N) is 3. The van der Waals surface area contributed by atoms with Crippen molar-refractivity contribution >= 4 is 11.6 Å². The molecule has 7 nitrogen and oxygen atoms in total. The molecular formula is C14H22N6O. The standard InChI is InChI=1S/C14H22N6O/c1-7(2)14-17-11(6-12(18-14)19-15)16-8(3)13-9(4)20-21-10(13)5/h6-8H,15H2,1-5H3,(H2,16,17,18,19). The van der Waals surface area contributed by atoms with Gasteiger partial charge < -0.3 is 15.3 Å². The summed E-state index contributed by atoms with van der Waals surface area (Å²) in [5.41, 5.74) is 4.49. The quantitative estimate of drug-likeness (QED) is 0.574. The second kappa shape index (κ2) is 6.09. The van der Waals surface area contributed by atoms with Crippen molar-refractivity contribution in [3.63, 3.8) is 0 Å². The molecule has 0 aromatic carbocycles. The highest BCUT2D eigenvalue weighted by atomic mass is 16.5. The molecule has 1 atom stereocenters. The van der Waals surface area contributed by atoms with Crippen LogP contribution in [-0.4, -0.2) is 15.1 Å². The number of hydrogen-bond donors (Lipinski definition) is 3. The Morgan fingerprint density at radius 1 is 1.14 bits per heavy atom. The van der Waals surface area contributed by atoms with Gasteiger partial charge in [0.15, 0.2) is 0 Å². The predicted octanol–water partition coefficient (Wildman–Crippen LogP) is 2.66. The molecule has 1 unspecified atom stereocenters. The number of nitrogens with one attached hydrogen (secondary N) is 2. The van der Waals surface area contributed by atoms with Gasteiger partial charge in [0.25, 0.3) is 0 Å². The van der Waals surface area contributed by atoms with Gasteiger partial charge >= 0.3 is 0 Å². The van der Waals surface area contributed by atoms with Gasteiger partial charge in [-0.15, -0.1) is 0 Å². The average molecular weight is 290 g/mol. The third-order valence-electron chi connectivity index (χ3n) is 3.29. The lowest BCUT2D eigenvalue weighted by molar-refractivity contribution is 0.392. The first-order chi connectivity index (χ1) is 9.92. The van der Waals surface area contributed by atoms with Crippen LogP contribution in [0.2, 0.25) is 0 Å². The summed E-state index contributed by atoms with van der Waals surface area (Å²) in [6.45, 7) is 9.95. The molecule has 114 valence electrons. The molecule has 0 saturated carbocycles. The summed E-state index contributed by atoms with van der Waals surface area (Å²) in [7, 11) is 0. The van der Waals surface area contributed by atoms with Crippen LogP contribution in [-0.2, 0) is 0 Å². The minimum Gasteiger partial charge on any atom is -0.363 e. The van der Waals surface area contributed by atoms with Crippen molar-refractivity contribution in [3.05, 3.63) is 28.9 Å². The lowest BCUT2D eigenvalue weighted by Crippen LogP contribution is -2.15. The van der Waals surface area contributed by atoms with Gasteiger partial charge in [0.1, 0.15) is 23.2 Å². The Labute approximate surface area is 124 Å². The van der Waals surface area contributed by atoms with E-state index in [9.17, 15) is 0 Å². The molecule has 0 aliphatic heterocycles. The average Bonchev–Trinajstić information content (AvgIpc) is 2.77. The Kier molecular flexibility index (Phi) is 4.42. The van der Waals surface area contributed by atoms with Crippen LogP contribution in [0.15, 0.2) is 10.6 Å². The monoisotopic (exact) mass is 290 g/mol. The maximum atomic E-state index is 5.47. The molecule has 4 N–H and O–H groups in total. The summed E-state index contributed by atoms with van der Waals surface area (Å²) in [6, 6.07) is 1.80. The number of nitrogens with two attached hydrogens (primary N) is 1. The zero-order valence-corrected chi connectivity index (χ0v) is 13.1. The van der Waals surface area contributed by atoms with Gasteiger partial charge in [0, 0.05) is 17.5 Å². The molecule has 0 spiro atoms. The first kappa shape index (κ1) is 15.2. The SMILES string of the molecule is Cc1noc(C)c1C(C)Nc1cc(NN)nc(C(C)C)n1. The lowest BCUT2D eigenvalue weighted by atomic mass is 10.1. The van der Waals surface area contributed by atoms with E-state index in [0.717, 1.165) is 22.8 Å². The number of aryl methyl sites for hydroxylation is 2. The van der Waals surface area contributed by atoms with Crippen LogP contribution >= 0.6 is 0 Å². The molecule has 2 rings (SSSR count). The van der Waals surface area contributed by atoms with Crippen LogP contribution in [0, 0.1) is 13.8 Å². The fraction of sp³-hybridized carbons (Fsp3) is 0.500. The third kappa shape index (κ3) is 3.30. The Bertz CT molecular complexity index is 602. The van der Waals surface area contributed by atoms with Crippen molar-refractivity contribution in [1.82, 2.24) is 15.1 Å². The van der Waals surface area contributed by atoms with Crippen molar-refractivity contribution in [2.24, 2.45) is 5.84 Å². The Morgan fingerprint density at radius 3 is 2.33 bits per heavy atom. The predicted molar refractivity (Wildman–Crippen MR) is 81.9 cm³/mol. The van der Waals surface area contributed by atoms with E-state index in [1.807, 2.05) is 34.6 Å². The van der Waals surface area contributed by atoms with Crippen LogP contribution in [0.5, 0.6) is 0 Å². The van der Waals surface area contributed by atoms with Gasteiger partial charge in [-0.25, -0.2) is 15.8 Å². The first-order valence-corrected chi connectivity index (χ1v) is 6.97. The molecule has 0 radical (unpaired) electrons. The summed E-state index contributed by atoms with van der Waals surface area (Å²) < 4.78 is 5.21. The van der Waals surface area contributed by atoms with Gasteiger partial charge in [-0.3, -0.25) is 0 Å². The maximum absolute atomic E-state index is 5.47. The molecule has 0 aliphatic rings. The van der Waals surface area contributed by atoms with Crippen molar-refractivity contribution in [2.75, 3.05) is 10.7 Å². The van der Waals surface area contributed by atoms with E-state index in [4.69, 9.17) is 10.4 Å². The second-order valence-corrected chi connectivity index (χ2v) is 5.40. The highest BCUT2D eigenvalue weighted by Crippen LogP contribution is 2.25. The summed E-state index contributed by atoms with van der Waals surface area (Å²) in [5, 5.41) is 7.33. The molecule has 0 saturated heterocycles.